The van der Waals surface area contributed by atoms with Gasteiger partial charge in [-0.1, -0.05) is 23.2 Å². The number of carbonyl (C=O) groups is 1. The van der Waals surface area contributed by atoms with Gasteiger partial charge in [0, 0.05) is 17.9 Å². The van der Waals surface area contributed by atoms with Crippen LogP contribution in [0.5, 0.6) is 5.06 Å². The normalized spacial score (nSPS) is 16.1. The van der Waals surface area contributed by atoms with Crippen LogP contribution in [-0.2, 0) is 22.9 Å². The van der Waals surface area contributed by atoms with Gasteiger partial charge in [0.25, 0.3) is 0 Å². The number of nitrogens with zero attached hydrogens (tertiary/aromatic N) is 2. The number of thiophene rings is 2. The molecule has 1 amide bonds. The fourth-order valence-electron chi connectivity index (χ4n) is 2.99. The van der Waals surface area contributed by atoms with Gasteiger partial charge >= 0.3 is 6.09 Å². The van der Waals surface area contributed by atoms with E-state index in [1.807, 2.05) is 0 Å². The predicted octanol–water partition coefficient (Wildman–Crippen LogP) is 4.35. The summed E-state index contributed by atoms with van der Waals surface area (Å²) in [6.07, 6.45) is 2.39. The summed E-state index contributed by atoms with van der Waals surface area (Å²) >= 11 is 14.1. The number of hydrogen-bond donors (Lipinski definition) is 2. The van der Waals surface area contributed by atoms with Gasteiger partial charge in [-0.15, -0.1) is 22.7 Å². The van der Waals surface area contributed by atoms with Gasteiger partial charge in [0.1, 0.15) is 9.23 Å². The molecule has 3 aromatic rings. The molecule has 0 spiro atoms. The van der Waals surface area contributed by atoms with Crippen LogP contribution in [0.3, 0.4) is 0 Å². The Morgan fingerprint density at radius 3 is 2.87 bits per heavy atom. The maximum Gasteiger partial charge on any atom is 0.420 e. The second kappa shape index (κ2) is 8.77. The van der Waals surface area contributed by atoms with E-state index in [2.05, 4.69) is 20.0 Å². The molecular formula is C17H14Cl2N4O4S3. The van der Waals surface area contributed by atoms with Gasteiger partial charge in [-0.25, -0.2) is 27.9 Å². The molecule has 0 aliphatic heterocycles. The van der Waals surface area contributed by atoms with Crippen LogP contribution in [-0.4, -0.2) is 30.5 Å². The molecule has 0 fully saturated rings. The van der Waals surface area contributed by atoms with Gasteiger partial charge < -0.3 is 4.74 Å². The first-order chi connectivity index (χ1) is 14.3. The lowest BCUT2D eigenvalue weighted by atomic mass is 9.94. The van der Waals surface area contributed by atoms with Gasteiger partial charge in [0.2, 0.25) is 16.0 Å². The molecule has 0 saturated carbocycles. The number of rotatable bonds is 5. The minimum Gasteiger partial charge on any atom is -0.399 e. The molecule has 13 heteroatoms. The molecule has 1 aliphatic rings. The number of aryl methyl sites for hydroxylation is 1. The van der Waals surface area contributed by atoms with E-state index in [0.717, 1.165) is 22.6 Å². The van der Waals surface area contributed by atoms with Gasteiger partial charge in [-0.3, -0.25) is 5.32 Å². The fraction of sp³-hybridized carbons (Fsp3) is 0.235. The summed E-state index contributed by atoms with van der Waals surface area (Å²) in [6, 6.07) is 4.46. The monoisotopic (exact) mass is 504 g/mol. The van der Waals surface area contributed by atoms with E-state index < -0.39 is 16.1 Å². The van der Waals surface area contributed by atoms with Crippen molar-refractivity contribution in [1.29, 1.82) is 0 Å². The van der Waals surface area contributed by atoms with Crippen LogP contribution in [0, 0.1) is 0 Å². The summed E-state index contributed by atoms with van der Waals surface area (Å²) < 4.78 is 33.4. The van der Waals surface area contributed by atoms with Crippen LogP contribution in [0.15, 0.2) is 34.7 Å². The van der Waals surface area contributed by atoms with Crippen molar-refractivity contribution in [1.82, 2.24) is 14.7 Å². The van der Waals surface area contributed by atoms with Crippen molar-refractivity contribution < 1.29 is 17.9 Å². The standard InChI is InChI=1S/C17H14Cl2N4O4S3/c18-13-7-12(15(19)29-13)30(25,26)23-10-3-4-11-9(6-10)8-20-16(21-11)22-17(24)27-14-2-1-5-28-14/h1-2,5,7-8,10,23H,3-4,6H2,(H,20,21,22,24). The van der Waals surface area contributed by atoms with Gasteiger partial charge in [0.05, 0.1) is 4.34 Å². The summed E-state index contributed by atoms with van der Waals surface area (Å²) in [5, 5.41) is 4.76. The third-order valence-electron chi connectivity index (χ3n) is 4.29. The zero-order valence-electron chi connectivity index (χ0n) is 15.1. The molecule has 0 aromatic carbocycles. The molecule has 2 N–H and O–H groups in total. The summed E-state index contributed by atoms with van der Waals surface area (Å²) in [4.78, 5) is 20.4. The zero-order chi connectivity index (χ0) is 21.3. The maximum absolute atomic E-state index is 12.6. The van der Waals surface area contributed by atoms with Crippen molar-refractivity contribution in [2.45, 2.75) is 30.2 Å². The second-order valence-electron chi connectivity index (χ2n) is 6.36. The average molecular weight is 505 g/mol. The van der Waals surface area contributed by atoms with Gasteiger partial charge in [-0.05, 0) is 48.4 Å². The Morgan fingerprint density at radius 1 is 1.33 bits per heavy atom. The third kappa shape index (κ3) is 4.93. The summed E-state index contributed by atoms with van der Waals surface area (Å²) in [7, 11) is -3.79. The minimum atomic E-state index is -3.79. The number of hydrogen-bond acceptors (Lipinski definition) is 8. The number of anilines is 1. The number of nitrogens with one attached hydrogen (secondary N) is 2. The van der Waals surface area contributed by atoms with Crippen LogP contribution in [0.2, 0.25) is 8.67 Å². The van der Waals surface area contributed by atoms with E-state index in [-0.39, 0.29) is 21.2 Å². The highest BCUT2D eigenvalue weighted by Gasteiger charge is 2.28. The highest BCUT2D eigenvalue weighted by Crippen LogP contribution is 2.34. The van der Waals surface area contributed by atoms with Gasteiger partial charge in [0.15, 0.2) is 5.06 Å². The van der Waals surface area contributed by atoms with Crippen LogP contribution >= 0.6 is 45.9 Å². The molecule has 0 bridgehead atoms. The minimum absolute atomic E-state index is 0.0231. The first-order valence-corrected chi connectivity index (χ1v) is 12.6. The Balaban J connectivity index is 1.41. The van der Waals surface area contributed by atoms with Crippen LogP contribution in [0.4, 0.5) is 10.7 Å². The number of sulfonamides is 1. The second-order valence-corrected chi connectivity index (χ2v) is 11.2. The molecule has 1 aliphatic carbocycles. The topological polar surface area (TPSA) is 110 Å². The van der Waals surface area contributed by atoms with E-state index in [4.69, 9.17) is 27.9 Å². The maximum atomic E-state index is 12.6. The number of ether oxygens (including phenoxy) is 1. The molecule has 4 rings (SSSR count). The Labute approximate surface area is 190 Å². The van der Waals surface area contributed by atoms with E-state index >= 15 is 0 Å². The molecule has 1 atom stereocenters. The lowest BCUT2D eigenvalue weighted by Gasteiger charge is -2.24. The molecule has 8 nitrogen and oxygen atoms in total. The Kier molecular flexibility index (Phi) is 6.28. The van der Waals surface area contributed by atoms with Crippen molar-refractivity contribution in [3.63, 3.8) is 0 Å². The van der Waals surface area contributed by atoms with E-state index in [0.29, 0.717) is 28.7 Å². The molecular weight excluding hydrogens is 491 g/mol. The zero-order valence-corrected chi connectivity index (χ0v) is 19.1. The van der Waals surface area contributed by atoms with Crippen molar-refractivity contribution in [3.8, 4) is 5.06 Å². The van der Waals surface area contributed by atoms with Crippen LogP contribution in [0.1, 0.15) is 17.7 Å². The third-order valence-corrected chi connectivity index (χ3v) is 8.31. The van der Waals surface area contributed by atoms with Crippen molar-refractivity contribution in [2.24, 2.45) is 0 Å². The molecule has 3 aromatic heterocycles. The molecule has 3 heterocycles. The Bertz CT molecular complexity index is 1180. The highest BCUT2D eigenvalue weighted by molar-refractivity contribution is 7.89. The number of amides is 1. The number of halogens is 2. The van der Waals surface area contributed by atoms with Crippen LogP contribution in [0.25, 0.3) is 0 Å². The SMILES string of the molecule is O=C(Nc1ncc2c(n1)CCC(NS(=O)(=O)c1cc(Cl)sc1Cl)C2)Oc1cccs1. The van der Waals surface area contributed by atoms with Crippen LogP contribution < -0.4 is 14.8 Å². The predicted molar refractivity (Wildman–Crippen MR) is 116 cm³/mol. The summed E-state index contributed by atoms with van der Waals surface area (Å²) in [5.74, 6) is 0.133. The number of carbonyl (C=O) groups excluding carboxylic acids is 1. The quantitative estimate of drug-likeness (QED) is 0.534. The number of aromatic nitrogens is 2. The Morgan fingerprint density at radius 2 is 2.17 bits per heavy atom. The lowest BCUT2D eigenvalue weighted by molar-refractivity contribution is 0.216. The molecule has 30 heavy (non-hydrogen) atoms. The first kappa shape index (κ1) is 21.5. The smallest absolute Gasteiger partial charge is 0.399 e. The highest BCUT2D eigenvalue weighted by atomic mass is 35.5. The van der Waals surface area contributed by atoms with E-state index in [1.165, 1.54) is 17.4 Å². The summed E-state index contributed by atoms with van der Waals surface area (Å²) in [5.41, 5.74) is 1.56. The largest absolute Gasteiger partial charge is 0.420 e. The van der Waals surface area contributed by atoms with Crippen molar-refractivity contribution >= 4 is 67.9 Å². The lowest BCUT2D eigenvalue weighted by Crippen LogP contribution is -2.39. The van der Waals surface area contributed by atoms with Crippen molar-refractivity contribution in [2.75, 3.05) is 5.32 Å². The van der Waals surface area contributed by atoms with Crippen molar-refractivity contribution in [3.05, 3.63) is 49.7 Å². The first-order valence-electron chi connectivity index (χ1n) is 8.64. The molecule has 1 unspecified atom stereocenters. The van der Waals surface area contributed by atoms with Gasteiger partial charge in [-0.2, -0.15) is 0 Å². The fourth-order valence-corrected chi connectivity index (χ4v) is 6.98. The van der Waals surface area contributed by atoms with E-state index in [9.17, 15) is 13.2 Å². The molecule has 0 radical (unpaired) electrons. The average Bonchev–Trinajstić information content (AvgIpc) is 3.30. The molecule has 158 valence electrons. The Hall–Kier alpha value is -1.76. The molecule has 0 saturated heterocycles. The number of fused-ring (bicyclic) bond motifs is 1. The summed E-state index contributed by atoms with van der Waals surface area (Å²) in [6.45, 7) is 0. The van der Waals surface area contributed by atoms with E-state index in [1.54, 1.807) is 23.7 Å².